The van der Waals surface area contributed by atoms with E-state index in [4.69, 9.17) is 4.52 Å². The van der Waals surface area contributed by atoms with Crippen LogP contribution in [0.1, 0.15) is 18.4 Å². The maximum Gasteiger partial charge on any atom is 0.227 e. The Morgan fingerprint density at radius 1 is 1.09 bits per heavy atom. The third-order valence-corrected chi connectivity index (χ3v) is 3.83. The molecule has 3 heterocycles. The van der Waals surface area contributed by atoms with Crippen LogP contribution in [-0.2, 0) is 0 Å². The van der Waals surface area contributed by atoms with Gasteiger partial charge in [-0.2, -0.15) is 4.98 Å². The van der Waals surface area contributed by atoms with Gasteiger partial charge in [0.1, 0.15) is 11.6 Å². The van der Waals surface area contributed by atoms with Gasteiger partial charge in [-0.3, -0.25) is 0 Å². The quantitative estimate of drug-likeness (QED) is 0.925. The second-order valence-corrected chi connectivity index (χ2v) is 5.56. The van der Waals surface area contributed by atoms with Crippen molar-refractivity contribution in [3.63, 3.8) is 0 Å². The second kappa shape index (κ2) is 6.31. The molecule has 7 heteroatoms. The van der Waals surface area contributed by atoms with Crippen molar-refractivity contribution in [2.75, 3.05) is 42.9 Å². The van der Waals surface area contributed by atoms with Gasteiger partial charge in [0.05, 0.1) is 0 Å². The molecule has 118 valence electrons. The molecule has 1 N–H and O–H groups in total. The van der Waals surface area contributed by atoms with Crippen LogP contribution in [-0.4, -0.2) is 52.7 Å². The van der Waals surface area contributed by atoms with E-state index < -0.39 is 0 Å². The Morgan fingerprint density at radius 2 is 1.86 bits per heavy atom. The average molecular weight is 302 g/mol. The number of rotatable bonds is 4. The molecule has 2 aromatic heterocycles. The topological polar surface area (TPSA) is 70.3 Å². The number of nitrogens with one attached hydrogen (secondary N) is 1. The predicted octanol–water partition coefficient (Wildman–Crippen LogP) is 1.97. The van der Waals surface area contributed by atoms with Gasteiger partial charge in [-0.25, -0.2) is 4.98 Å². The van der Waals surface area contributed by atoms with E-state index in [1.165, 1.54) is 0 Å². The maximum absolute atomic E-state index is 5.07. The van der Waals surface area contributed by atoms with Crippen molar-refractivity contribution in [2.45, 2.75) is 20.8 Å². The molecule has 1 aliphatic rings. The molecule has 22 heavy (non-hydrogen) atoms. The summed E-state index contributed by atoms with van der Waals surface area (Å²) in [5.74, 6) is 2.95. The number of anilines is 3. The summed E-state index contributed by atoms with van der Waals surface area (Å²) in [5.41, 5.74) is 0.936. The summed E-state index contributed by atoms with van der Waals surface area (Å²) in [6.45, 7) is 11.2. The van der Waals surface area contributed by atoms with E-state index in [9.17, 15) is 0 Å². The normalized spacial score (nSPS) is 16.0. The van der Waals surface area contributed by atoms with Crippen LogP contribution < -0.4 is 10.2 Å². The van der Waals surface area contributed by atoms with Crippen LogP contribution in [0.5, 0.6) is 0 Å². The number of likely N-dealkylation sites (N-methyl/N-ethyl adjacent to an activating group) is 1. The van der Waals surface area contributed by atoms with Gasteiger partial charge < -0.3 is 19.6 Å². The van der Waals surface area contributed by atoms with E-state index in [2.05, 4.69) is 37.2 Å². The lowest BCUT2D eigenvalue weighted by atomic mass is 10.3. The van der Waals surface area contributed by atoms with Crippen molar-refractivity contribution < 1.29 is 4.52 Å². The first-order valence-corrected chi connectivity index (χ1v) is 7.67. The molecule has 0 bridgehead atoms. The molecular weight excluding hydrogens is 280 g/mol. The Bertz CT molecular complexity index is 633. The third kappa shape index (κ3) is 3.36. The van der Waals surface area contributed by atoms with Crippen molar-refractivity contribution in [1.82, 2.24) is 20.0 Å². The molecule has 0 saturated carbocycles. The Hall–Kier alpha value is -2.15. The first-order valence-electron chi connectivity index (χ1n) is 7.67. The van der Waals surface area contributed by atoms with E-state index in [-0.39, 0.29) is 0 Å². The summed E-state index contributed by atoms with van der Waals surface area (Å²) in [5, 5.41) is 7.11. The number of hydrogen-bond acceptors (Lipinski definition) is 7. The summed E-state index contributed by atoms with van der Waals surface area (Å²) in [6, 6.07) is 3.76. The summed E-state index contributed by atoms with van der Waals surface area (Å²) >= 11 is 0. The Labute approximate surface area is 130 Å². The van der Waals surface area contributed by atoms with Crippen LogP contribution in [0.3, 0.4) is 0 Å². The maximum atomic E-state index is 5.07. The number of aryl methyl sites for hydroxylation is 2. The van der Waals surface area contributed by atoms with E-state index in [0.29, 0.717) is 5.82 Å². The van der Waals surface area contributed by atoms with Crippen LogP contribution in [0.15, 0.2) is 16.7 Å². The van der Waals surface area contributed by atoms with Gasteiger partial charge in [0, 0.05) is 44.0 Å². The van der Waals surface area contributed by atoms with E-state index in [0.717, 1.165) is 55.9 Å². The van der Waals surface area contributed by atoms with E-state index in [1.807, 2.05) is 26.0 Å². The van der Waals surface area contributed by atoms with Gasteiger partial charge in [0.15, 0.2) is 5.82 Å². The molecule has 0 aliphatic carbocycles. The average Bonchev–Trinajstić information content (AvgIpc) is 2.92. The fraction of sp³-hybridized carbons (Fsp3) is 0.533. The van der Waals surface area contributed by atoms with Crippen molar-refractivity contribution in [3.8, 4) is 0 Å². The molecule has 0 unspecified atom stereocenters. The molecule has 7 nitrogen and oxygen atoms in total. The van der Waals surface area contributed by atoms with Gasteiger partial charge in [-0.05, 0) is 20.4 Å². The zero-order valence-corrected chi connectivity index (χ0v) is 13.3. The summed E-state index contributed by atoms with van der Waals surface area (Å²) < 4.78 is 5.07. The lowest BCUT2D eigenvalue weighted by molar-refractivity contribution is 0.270. The number of aromatic nitrogens is 3. The SMILES string of the molecule is CCN1CCN(c2nc(C)cc(Nc3cc(C)on3)n2)CC1. The molecule has 1 saturated heterocycles. The highest BCUT2D eigenvalue weighted by Crippen LogP contribution is 2.19. The number of hydrogen-bond donors (Lipinski definition) is 1. The van der Waals surface area contributed by atoms with Crippen molar-refractivity contribution >= 4 is 17.6 Å². The first-order chi connectivity index (χ1) is 10.6. The summed E-state index contributed by atoms with van der Waals surface area (Å²) in [6.07, 6.45) is 0. The van der Waals surface area contributed by atoms with Crippen molar-refractivity contribution in [2.24, 2.45) is 0 Å². The molecule has 0 spiro atoms. The van der Waals surface area contributed by atoms with Gasteiger partial charge in [0.25, 0.3) is 0 Å². The molecular formula is C15H22N6O. The highest BCUT2D eigenvalue weighted by Gasteiger charge is 2.18. The molecule has 1 fully saturated rings. The van der Waals surface area contributed by atoms with Crippen molar-refractivity contribution in [1.29, 1.82) is 0 Å². The van der Waals surface area contributed by atoms with Crippen molar-refractivity contribution in [3.05, 3.63) is 23.6 Å². The van der Waals surface area contributed by atoms with Crippen LogP contribution in [0.2, 0.25) is 0 Å². The first kappa shape index (κ1) is 14.8. The van der Waals surface area contributed by atoms with Crippen LogP contribution >= 0.6 is 0 Å². The number of piperazine rings is 1. The lowest BCUT2D eigenvalue weighted by Crippen LogP contribution is -2.46. The summed E-state index contributed by atoms with van der Waals surface area (Å²) in [7, 11) is 0. The lowest BCUT2D eigenvalue weighted by Gasteiger charge is -2.34. The van der Waals surface area contributed by atoms with Gasteiger partial charge in [-0.15, -0.1) is 0 Å². The fourth-order valence-electron chi connectivity index (χ4n) is 2.58. The summed E-state index contributed by atoms with van der Waals surface area (Å²) in [4.78, 5) is 13.9. The second-order valence-electron chi connectivity index (χ2n) is 5.56. The highest BCUT2D eigenvalue weighted by molar-refractivity contribution is 5.54. The molecule has 0 amide bonds. The standard InChI is InChI=1S/C15H22N6O/c1-4-20-5-7-21(8-6-20)15-16-11(2)9-13(18-15)17-14-10-12(3)22-19-14/h9-10H,4-8H2,1-3H3,(H,16,17,18,19). The molecule has 1 aliphatic heterocycles. The Morgan fingerprint density at radius 3 is 2.50 bits per heavy atom. The van der Waals surface area contributed by atoms with Gasteiger partial charge >= 0.3 is 0 Å². The highest BCUT2D eigenvalue weighted by atomic mass is 16.5. The van der Waals surface area contributed by atoms with Gasteiger partial charge in [-0.1, -0.05) is 12.1 Å². The monoisotopic (exact) mass is 302 g/mol. The van der Waals surface area contributed by atoms with Gasteiger partial charge in [0.2, 0.25) is 5.95 Å². The molecule has 3 rings (SSSR count). The molecule has 0 radical (unpaired) electrons. The fourth-order valence-corrected chi connectivity index (χ4v) is 2.58. The van der Waals surface area contributed by atoms with E-state index in [1.54, 1.807) is 0 Å². The minimum atomic E-state index is 0.664. The Kier molecular flexibility index (Phi) is 4.24. The minimum Gasteiger partial charge on any atom is -0.360 e. The zero-order chi connectivity index (χ0) is 15.5. The predicted molar refractivity (Wildman–Crippen MR) is 85.6 cm³/mol. The zero-order valence-electron chi connectivity index (χ0n) is 13.3. The number of nitrogens with zero attached hydrogens (tertiary/aromatic N) is 5. The largest absolute Gasteiger partial charge is 0.360 e. The minimum absolute atomic E-state index is 0.664. The van der Waals surface area contributed by atoms with Crippen LogP contribution in [0.25, 0.3) is 0 Å². The third-order valence-electron chi connectivity index (χ3n) is 3.83. The Balaban J connectivity index is 1.75. The molecule has 2 aromatic rings. The van der Waals surface area contributed by atoms with E-state index >= 15 is 0 Å². The molecule has 0 aromatic carbocycles. The molecule has 0 atom stereocenters. The van der Waals surface area contributed by atoms with Crippen LogP contribution in [0.4, 0.5) is 17.6 Å². The van der Waals surface area contributed by atoms with Crippen LogP contribution in [0, 0.1) is 13.8 Å². The smallest absolute Gasteiger partial charge is 0.227 e.